The van der Waals surface area contributed by atoms with Crippen LogP contribution in [0.15, 0.2) is 40.9 Å². The van der Waals surface area contributed by atoms with Gasteiger partial charge in [-0.25, -0.2) is 0 Å². The Hall–Kier alpha value is -3.55. The lowest BCUT2D eigenvalue weighted by Crippen LogP contribution is -2.39. The van der Waals surface area contributed by atoms with Crippen molar-refractivity contribution in [3.05, 3.63) is 53.4 Å². The number of ether oxygens (including phenoxy) is 3. The lowest BCUT2D eigenvalue weighted by atomic mass is 10.1. The van der Waals surface area contributed by atoms with Crippen molar-refractivity contribution in [2.75, 3.05) is 21.3 Å². The lowest BCUT2D eigenvalue weighted by Gasteiger charge is -2.23. The van der Waals surface area contributed by atoms with Crippen LogP contribution in [-0.4, -0.2) is 48.3 Å². The monoisotopic (exact) mass is 439 g/mol. The van der Waals surface area contributed by atoms with Crippen molar-refractivity contribution >= 4 is 5.91 Å². The average molecular weight is 440 g/mol. The lowest BCUT2D eigenvalue weighted by molar-refractivity contribution is -0.138. The first-order valence-corrected chi connectivity index (χ1v) is 10.4. The molecular formula is C24H29N3O5. The highest BCUT2D eigenvalue weighted by Gasteiger charge is 2.25. The molecule has 0 fully saturated rings. The highest BCUT2D eigenvalue weighted by atomic mass is 16.5. The number of rotatable bonds is 9. The SMILES string of the molecule is CC[C@@H](Oc1cc(C)ccc1C)C(=O)N(C)Cc1nc(-c2ccc(OC)cc2OC)no1. The summed E-state index contributed by atoms with van der Waals surface area (Å²) in [5.41, 5.74) is 2.73. The first-order valence-electron chi connectivity index (χ1n) is 10.4. The molecule has 32 heavy (non-hydrogen) atoms. The second-order valence-corrected chi connectivity index (χ2v) is 7.56. The summed E-state index contributed by atoms with van der Waals surface area (Å²) >= 11 is 0. The van der Waals surface area contributed by atoms with Gasteiger partial charge in [0.2, 0.25) is 11.7 Å². The predicted octanol–water partition coefficient (Wildman–Crippen LogP) is 4.19. The third-order valence-electron chi connectivity index (χ3n) is 5.13. The number of aromatic nitrogens is 2. The maximum absolute atomic E-state index is 13.0. The zero-order valence-corrected chi connectivity index (χ0v) is 19.3. The molecule has 0 aliphatic rings. The van der Waals surface area contributed by atoms with E-state index in [0.717, 1.165) is 11.1 Å². The molecule has 0 radical (unpaired) electrons. The van der Waals surface area contributed by atoms with Crippen LogP contribution >= 0.6 is 0 Å². The van der Waals surface area contributed by atoms with Crippen molar-refractivity contribution in [3.63, 3.8) is 0 Å². The molecule has 0 aliphatic heterocycles. The Labute approximate surface area is 188 Å². The van der Waals surface area contributed by atoms with Crippen molar-refractivity contribution in [1.29, 1.82) is 0 Å². The number of benzene rings is 2. The summed E-state index contributed by atoms with van der Waals surface area (Å²) in [6.45, 7) is 6.04. The van der Waals surface area contributed by atoms with Gasteiger partial charge in [0.1, 0.15) is 17.2 Å². The normalized spacial score (nSPS) is 11.7. The van der Waals surface area contributed by atoms with E-state index < -0.39 is 6.10 Å². The van der Waals surface area contributed by atoms with Gasteiger partial charge in [0, 0.05) is 13.1 Å². The van der Waals surface area contributed by atoms with Crippen LogP contribution in [0.2, 0.25) is 0 Å². The number of hydrogen-bond donors (Lipinski definition) is 0. The molecular weight excluding hydrogens is 410 g/mol. The van der Waals surface area contributed by atoms with Crippen LogP contribution < -0.4 is 14.2 Å². The molecule has 0 unspecified atom stereocenters. The van der Waals surface area contributed by atoms with Crippen LogP contribution in [-0.2, 0) is 11.3 Å². The van der Waals surface area contributed by atoms with E-state index in [1.807, 2.05) is 39.0 Å². The van der Waals surface area contributed by atoms with E-state index in [4.69, 9.17) is 18.7 Å². The van der Waals surface area contributed by atoms with E-state index in [2.05, 4.69) is 10.1 Å². The average Bonchev–Trinajstić information content (AvgIpc) is 3.26. The van der Waals surface area contributed by atoms with Crippen LogP contribution in [0.25, 0.3) is 11.4 Å². The van der Waals surface area contributed by atoms with Crippen LogP contribution in [0.5, 0.6) is 17.2 Å². The fraction of sp³-hybridized carbons (Fsp3) is 0.375. The molecule has 170 valence electrons. The first-order chi connectivity index (χ1) is 15.4. The van der Waals surface area contributed by atoms with E-state index in [1.165, 1.54) is 4.90 Å². The largest absolute Gasteiger partial charge is 0.497 e. The molecule has 0 bridgehead atoms. The summed E-state index contributed by atoms with van der Waals surface area (Å²) in [5, 5.41) is 4.04. The molecule has 0 N–H and O–H groups in total. The van der Waals surface area contributed by atoms with Crippen molar-refractivity contribution in [3.8, 4) is 28.6 Å². The molecule has 2 aromatic carbocycles. The van der Waals surface area contributed by atoms with Crippen molar-refractivity contribution in [2.24, 2.45) is 0 Å². The summed E-state index contributed by atoms with van der Waals surface area (Å²) in [4.78, 5) is 19.0. The number of nitrogens with zero attached hydrogens (tertiary/aromatic N) is 3. The van der Waals surface area contributed by atoms with Gasteiger partial charge in [-0.2, -0.15) is 4.98 Å². The predicted molar refractivity (Wildman–Crippen MR) is 120 cm³/mol. The van der Waals surface area contributed by atoms with Gasteiger partial charge in [-0.3, -0.25) is 4.79 Å². The summed E-state index contributed by atoms with van der Waals surface area (Å²) in [6, 6.07) is 11.3. The fourth-order valence-corrected chi connectivity index (χ4v) is 3.23. The van der Waals surface area contributed by atoms with E-state index >= 15 is 0 Å². The van der Waals surface area contributed by atoms with Crippen LogP contribution in [0, 0.1) is 13.8 Å². The van der Waals surface area contributed by atoms with Crippen LogP contribution in [0.1, 0.15) is 30.4 Å². The quantitative estimate of drug-likeness (QED) is 0.494. The number of carbonyl (C=O) groups excluding carboxylic acids is 1. The Bertz CT molecular complexity index is 1080. The van der Waals surface area contributed by atoms with Gasteiger partial charge in [0.05, 0.1) is 26.3 Å². The maximum atomic E-state index is 13.0. The van der Waals surface area contributed by atoms with Gasteiger partial charge in [0.15, 0.2) is 6.10 Å². The second kappa shape index (κ2) is 10.2. The second-order valence-electron chi connectivity index (χ2n) is 7.56. The third-order valence-corrected chi connectivity index (χ3v) is 5.13. The number of likely N-dealkylation sites (N-methyl/N-ethyl adjacent to an activating group) is 1. The molecule has 1 atom stereocenters. The minimum atomic E-state index is -0.607. The first kappa shape index (κ1) is 23.1. The third kappa shape index (κ3) is 5.19. The Morgan fingerprint density at radius 2 is 1.88 bits per heavy atom. The summed E-state index contributed by atoms with van der Waals surface area (Å²) in [7, 11) is 4.84. The molecule has 8 nitrogen and oxygen atoms in total. The van der Waals surface area contributed by atoms with Gasteiger partial charge >= 0.3 is 0 Å². The molecule has 0 saturated carbocycles. The topological polar surface area (TPSA) is 86.9 Å². The zero-order valence-electron chi connectivity index (χ0n) is 19.3. The number of hydrogen-bond acceptors (Lipinski definition) is 7. The van der Waals surface area contributed by atoms with Gasteiger partial charge in [0.25, 0.3) is 5.91 Å². The zero-order chi connectivity index (χ0) is 23.3. The van der Waals surface area contributed by atoms with E-state index in [9.17, 15) is 4.79 Å². The van der Waals surface area contributed by atoms with Crippen LogP contribution in [0.3, 0.4) is 0 Å². The minimum absolute atomic E-state index is 0.157. The minimum Gasteiger partial charge on any atom is -0.497 e. The molecule has 0 aliphatic carbocycles. The number of methoxy groups -OCH3 is 2. The van der Waals surface area contributed by atoms with Gasteiger partial charge in [-0.15, -0.1) is 0 Å². The van der Waals surface area contributed by atoms with Crippen molar-refractivity contribution in [2.45, 2.75) is 39.8 Å². The highest BCUT2D eigenvalue weighted by Crippen LogP contribution is 2.31. The Kier molecular flexibility index (Phi) is 7.35. The van der Waals surface area contributed by atoms with E-state index in [1.54, 1.807) is 39.5 Å². The molecule has 1 heterocycles. The Morgan fingerprint density at radius 1 is 1.09 bits per heavy atom. The van der Waals surface area contributed by atoms with E-state index in [0.29, 0.717) is 40.9 Å². The van der Waals surface area contributed by atoms with Gasteiger partial charge in [-0.1, -0.05) is 24.2 Å². The highest BCUT2D eigenvalue weighted by molar-refractivity contribution is 5.81. The van der Waals surface area contributed by atoms with Gasteiger partial charge < -0.3 is 23.6 Å². The molecule has 3 rings (SSSR count). The van der Waals surface area contributed by atoms with Crippen molar-refractivity contribution in [1.82, 2.24) is 15.0 Å². The summed E-state index contributed by atoms with van der Waals surface area (Å²) < 4.78 is 22.0. The molecule has 1 aromatic heterocycles. The number of carbonyl (C=O) groups is 1. The maximum Gasteiger partial charge on any atom is 0.263 e. The standard InChI is InChI=1S/C24H29N3O5/c1-7-19(31-20-12-15(2)8-9-16(20)3)24(28)27(4)14-22-25-23(26-32-22)18-11-10-17(29-5)13-21(18)30-6/h8-13,19H,7,14H2,1-6H3/t19-/m1/s1. The van der Waals surface area contributed by atoms with Gasteiger partial charge in [-0.05, 0) is 49.6 Å². The molecule has 1 amide bonds. The molecule has 3 aromatic rings. The molecule has 0 spiro atoms. The summed E-state index contributed by atoms with van der Waals surface area (Å²) in [6.07, 6.45) is -0.0705. The smallest absolute Gasteiger partial charge is 0.263 e. The van der Waals surface area contributed by atoms with E-state index in [-0.39, 0.29) is 12.5 Å². The van der Waals surface area contributed by atoms with Crippen LogP contribution in [0.4, 0.5) is 0 Å². The Morgan fingerprint density at radius 3 is 2.56 bits per heavy atom. The number of aryl methyl sites for hydroxylation is 2. The molecule has 8 heteroatoms. The summed E-state index contributed by atoms with van der Waals surface area (Å²) in [5.74, 6) is 2.47. The fourth-order valence-electron chi connectivity index (χ4n) is 3.23. The molecule has 0 saturated heterocycles. The Balaban J connectivity index is 1.71. The van der Waals surface area contributed by atoms with Crippen molar-refractivity contribution < 1.29 is 23.5 Å². The number of amides is 1.